The van der Waals surface area contributed by atoms with E-state index in [-0.39, 0.29) is 36.0 Å². The SMILES string of the molecule is COC(=O)CC1C2(C)CC3(O)C1(C)C1=C(C4=CC(=O)OC(c5ccoc5)C4(C)CC1=O)C3(O)C(OC(C)=O)C2=O. The van der Waals surface area contributed by atoms with Gasteiger partial charge in [-0.15, -0.1) is 0 Å². The predicted molar refractivity (Wildman–Crippen MR) is 132 cm³/mol. The molecule has 0 amide bonds. The largest absolute Gasteiger partial charge is 0.472 e. The number of aliphatic hydroxyl groups is 2. The molecule has 0 spiro atoms. The minimum Gasteiger partial charge on any atom is -0.472 e. The first kappa shape index (κ1) is 26.6. The topological polar surface area (TPSA) is 167 Å². The van der Waals surface area contributed by atoms with Crippen molar-refractivity contribution in [2.75, 3.05) is 7.11 Å². The molecule has 0 aromatic carbocycles. The van der Waals surface area contributed by atoms with E-state index in [0.717, 1.165) is 13.0 Å². The zero-order valence-corrected chi connectivity index (χ0v) is 22.7. The first-order valence-corrected chi connectivity index (χ1v) is 13.1. The van der Waals surface area contributed by atoms with Gasteiger partial charge in [0.2, 0.25) is 0 Å². The number of Topliss-reactive ketones (excluding diaryl/α,β-unsaturated/α-hetero) is 2. The number of methoxy groups -OCH3 is 1. The molecule has 11 nitrogen and oxygen atoms in total. The molecule has 0 saturated heterocycles. The summed E-state index contributed by atoms with van der Waals surface area (Å²) in [6, 6.07) is 1.59. The number of carbonyl (C=O) groups is 5. The van der Waals surface area contributed by atoms with E-state index in [2.05, 4.69) is 0 Å². The molecule has 11 heteroatoms. The molecule has 1 aromatic rings. The number of hydrogen-bond acceptors (Lipinski definition) is 11. The van der Waals surface area contributed by atoms with E-state index >= 15 is 0 Å². The van der Waals surface area contributed by atoms with E-state index in [1.54, 1.807) is 26.8 Å². The first-order chi connectivity index (χ1) is 18.6. The van der Waals surface area contributed by atoms with Crippen LogP contribution >= 0.6 is 0 Å². The number of ketones is 2. The molecule has 2 heterocycles. The Morgan fingerprint density at radius 2 is 1.80 bits per heavy atom. The van der Waals surface area contributed by atoms with Crippen molar-refractivity contribution in [2.45, 2.75) is 70.4 Å². The molecule has 8 unspecified atom stereocenters. The van der Waals surface area contributed by atoms with Crippen molar-refractivity contribution in [3.05, 3.63) is 47.0 Å². The van der Waals surface area contributed by atoms with E-state index in [0.29, 0.717) is 5.56 Å². The van der Waals surface area contributed by atoms with Crippen molar-refractivity contribution in [3.8, 4) is 0 Å². The fraction of sp³-hybridized carbons (Fsp3) is 0.552. The third kappa shape index (κ3) is 2.74. The molecule has 2 fully saturated rings. The molecule has 6 rings (SSSR count). The van der Waals surface area contributed by atoms with Gasteiger partial charge in [-0.2, -0.15) is 0 Å². The van der Waals surface area contributed by atoms with Crippen molar-refractivity contribution >= 4 is 29.5 Å². The molecule has 40 heavy (non-hydrogen) atoms. The zero-order chi connectivity index (χ0) is 29.2. The highest BCUT2D eigenvalue weighted by molar-refractivity contribution is 6.08. The molecule has 8 atom stereocenters. The lowest BCUT2D eigenvalue weighted by Crippen LogP contribution is -2.70. The minimum atomic E-state index is -2.61. The minimum absolute atomic E-state index is 0.0177. The third-order valence-corrected chi connectivity index (χ3v) is 10.4. The molecule has 212 valence electrons. The summed E-state index contributed by atoms with van der Waals surface area (Å²) >= 11 is 0. The smallest absolute Gasteiger partial charge is 0.331 e. The Balaban J connectivity index is 1.69. The molecule has 2 bridgehead atoms. The molecule has 4 aliphatic carbocycles. The van der Waals surface area contributed by atoms with Gasteiger partial charge in [0, 0.05) is 52.4 Å². The summed E-state index contributed by atoms with van der Waals surface area (Å²) in [7, 11) is 1.19. The van der Waals surface area contributed by atoms with E-state index in [1.165, 1.54) is 19.6 Å². The number of ether oxygens (including phenoxy) is 3. The molecule has 1 aromatic heterocycles. The quantitative estimate of drug-likeness (QED) is 0.410. The summed E-state index contributed by atoms with van der Waals surface area (Å²) < 4.78 is 21.3. The maximum absolute atomic E-state index is 14.3. The van der Waals surface area contributed by atoms with Crippen LogP contribution in [-0.2, 0) is 38.2 Å². The molecule has 1 aliphatic heterocycles. The monoisotopic (exact) mass is 554 g/mol. The number of rotatable bonds is 4. The number of furan rings is 1. The van der Waals surface area contributed by atoms with Crippen LogP contribution in [-0.4, -0.2) is 64.1 Å². The molecular formula is C29H30O11. The number of cyclic esters (lactones) is 1. The predicted octanol–water partition coefficient (Wildman–Crippen LogP) is 1.67. The highest BCUT2D eigenvalue weighted by Gasteiger charge is 2.88. The van der Waals surface area contributed by atoms with Gasteiger partial charge in [0.1, 0.15) is 11.7 Å². The van der Waals surface area contributed by atoms with E-state index in [1.807, 2.05) is 0 Å². The fourth-order valence-electron chi connectivity index (χ4n) is 8.71. The summed E-state index contributed by atoms with van der Waals surface area (Å²) in [5.74, 6) is -4.47. The molecule has 2 saturated carbocycles. The molecule has 2 N–H and O–H groups in total. The zero-order valence-electron chi connectivity index (χ0n) is 22.7. The van der Waals surface area contributed by atoms with Crippen LogP contribution in [0.15, 0.2) is 45.8 Å². The maximum atomic E-state index is 14.3. The second-order valence-corrected chi connectivity index (χ2v) is 12.3. The van der Waals surface area contributed by atoms with Gasteiger partial charge in [0.15, 0.2) is 23.3 Å². The van der Waals surface area contributed by atoms with Gasteiger partial charge in [-0.05, 0) is 24.0 Å². The summed E-state index contributed by atoms with van der Waals surface area (Å²) in [6.07, 6.45) is 0.198. The van der Waals surface area contributed by atoms with Crippen LogP contribution in [0.25, 0.3) is 0 Å². The molecular weight excluding hydrogens is 524 g/mol. The van der Waals surface area contributed by atoms with Gasteiger partial charge in [0.05, 0.1) is 26.1 Å². The average molecular weight is 555 g/mol. The number of fused-ring (bicyclic) bond motifs is 5. The highest BCUT2D eigenvalue weighted by Crippen LogP contribution is 2.78. The van der Waals surface area contributed by atoms with Gasteiger partial charge in [-0.25, -0.2) is 4.79 Å². The summed E-state index contributed by atoms with van der Waals surface area (Å²) in [5.41, 5.74) is -8.60. The fourth-order valence-corrected chi connectivity index (χ4v) is 8.71. The van der Waals surface area contributed by atoms with E-state index < -0.39 is 75.0 Å². The maximum Gasteiger partial charge on any atom is 0.331 e. The molecule has 5 aliphatic rings. The van der Waals surface area contributed by atoms with E-state index in [4.69, 9.17) is 18.6 Å². The third-order valence-electron chi connectivity index (χ3n) is 10.4. The Morgan fingerprint density at radius 1 is 1.10 bits per heavy atom. The normalized spacial score (nSPS) is 43.1. The Bertz CT molecular complexity index is 1470. The van der Waals surface area contributed by atoms with Gasteiger partial charge in [-0.3, -0.25) is 19.2 Å². The lowest BCUT2D eigenvalue weighted by Gasteiger charge is -2.52. The number of hydrogen-bond donors (Lipinski definition) is 2. The van der Waals surface area contributed by atoms with Crippen LogP contribution in [0.5, 0.6) is 0 Å². The summed E-state index contributed by atoms with van der Waals surface area (Å²) in [5, 5.41) is 25.3. The van der Waals surface area contributed by atoms with Crippen LogP contribution in [0.4, 0.5) is 0 Å². The highest BCUT2D eigenvalue weighted by atomic mass is 16.6. The lowest BCUT2D eigenvalue weighted by atomic mass is 9.55. The van der Waals surface area contributed by atoms with Crippen LogP contribution in [0.2, 0.25) is 0 Å². The van der Waals surface area contributed by atoms with Crippen LogP contribution < -0.4 is 0 Å². The van der Waals surface area contributed by atoms with E-state index in [9.17, 15) is 34.2 Å². The van der Waals surface area contributed by atoms with Gasteiger partial charge >= 0.3 is 17.9 Å². The van der Waals surface area contributed by atoms with Crippen molar-refractivity contribution in [1.29, 1.82) is 0 Å². The Kier molecular flexibility index (Phi) is 5.19. The van der Waals surface area contributed by atoms with Crippen molar-refractivity contribution < 1.29 is 52.8 Å². The second-order valence-electron chi connectivity index (χ2n) is 12.3. The molecule has 0 radical (unpaired) electrons. The first-order valence-electron chi connectivity index (χ1n) is 13.1. The summed E-state index contributed by atoms with van der Waals surface area (Å²) in [6.45, 7) is 5.86. The Morgan fingerprint density at radius 3 is 2.40 bits per heavy atom. The van der Waals surface area contributed by atoms with Crippen LogP contribution in [0.3, 0.4) is 0 Å². The van der Waals surface area contributed by atoms with Crippen LogP contribution in [0.1, 0.15) is 58.6 Å². The van der Waals surface area contributed by atoms with Crippen molar-refractivity contribution in [3.63, 3.8) is 0 Å². The number of esters is 3. The van der Waals surface area contributed by atoms with Crippen molar-refractivity contribution in [2.24, 2.45) is 22.2 Å². The van der Waals surface area contributed by atoms with Crippen molar-refractivity contribution in [1.82, 2.24) is 0 Å². The van der Waals surface area contributed by atoms with Crippen LogP contribution in [0, 0.1) is 22.2 Å². The second kappa shape index (κ2) is 7.79. The van der Waals surface area contributed by atoms with Gasteiger partial charge in [-0.1, -0.05) is 20.8 Å². The standard InChI is InChI=1S/C29H30O11/c1-13(30)39-24-22(34)26(3)12-28(35)27(4,17(26)9-18(32)37-5)21-16(31)10-25(2)15(20(21)29(24,28)36)8-19(33)40-23(25)14-6-7-38-11-14/h6-8,11,17,23-24,35-36H,9-10,12H2,1-5H3. The average Bonchev–Trinajstić information content (AvgIpc) is 3.50. The van der Waals surface area contributed by atoms with Gasteiger partial charge in [0.25, 0.3) is 0 Å². The Hall–Kier alpha value is -3.57. The number of carbonyl (C=O) groups excluding carboxylic acids is 5. The lowest BCUT2D eigenvalue weighted by molar-refractivity contribution is -0.223. The van der Waals surface area contributed by atoms with Gasteiger partial charge < -0.3 is 28.8 Å². The Labute approximate surface area is 229 Å². The summed E-state index contributed by atoms with van der Waals surface area (Å²) in [4.78, 5) is 66.4.